The summed E-state index contributed by atoms with van der Waals surface area (Å²) in [6, 6.07) is 61.6. The van der Waals surface area contributed by atoms with E-state index in [2.05, 4.69) is 199 Å². The number of imidazole rings is 1. The number of hydrogen-bond donors (Lipinski definition) is 0. The van der Waals surface area contributed by atoms with Crippen LogP contribution < -0.4 is 24.2 Å². The van der Waals surface area contributed by atoms with Gasteiger partial charge in [0.1, 0.15) is 5.82 Å². The van der Waals surface area contributed by atoms with Crippen molar-refractivity contribution in [2.75, 3.05) is 4.81 Å². The van der Waals surface area contributed by atoms with Gasteiger partial charge < -0.3 is 23.3 Å². The smallest absolute Gasteiger partial charge is 0.511 e. The van der Waals surface area contributed by atoms with E-state index in [0.29, 0.717) is 17.2 Å². The number of hydrogen-bond acceptors (Lipinski definition) is 4. The van der Waals surface area contributed by atoms with Gasteiger partial charge in [0, 0.05) is 55.3 Å². The summed E-state index contributed by atoms with van der Waals surface area (Å²) in [7, 11) is -0.431. The van der Waals surface area contributed by atoms with Gasteiger partial charge in [-0.25, -0.2) is 4.98 Å². The van der Waals surface area contributed by atoms with Crippen molar-refractivity contribution in [1.29, 1.82) is 0 Å². The van der Waals surface area contributed by atoms with Crippen molar-refractivity contribution in [3.63, 3.8) is 0 Å². The second-order valence-electron chi connectivity index (χ2n) is 17.0. The first kappa shape index (κ1) is 40.2. The molecule has 0 atom stereocenters. The first-order valence-corrected chi connectivity index (χ1v) is 21.0. The number of fused-ring (bicyclic) bond motifs is 5. The van der Waals surface area contributed by atoms with Crippen molar-refractivity contribution in [1.82, 2.24) is 14.1 Å². The molecule has 10 aromatic rings. The van der Waals surface area contributed by atoms with Gasteiger partial charge in [-0.2, -0.15) is 12.1 Å². The maximum atomic E-state index is 6.76. The second-order valence-corrected chi connectivity index (χ2v) is 17.0. The average molecular weight is 999 g/mol. The fraction of sp³-hybridized carbons (Fsp3) is 0.111. The Morgan fingerprint density at radius 2 is 1.32 bits per heavy atom. The largest absolute Gasteiger partial charge is 0.599 e. The number of rotatable bonds is 7. The van der Waals surface area contributed by atoms with E-state index in [1.54, 1.807) is 0 Å². The fourth-order valence-corrected chi connectivity index (χ4v) is 8.92. The predicted octanol–water partition coefficient (Wildman–Crippen LogP) is 11.4. The summed E-state index contributed by atoms with van der Waals surface area (Å²) >= 11 is 0. The summed E-state index contributed by atoms with van der Waals surface area (Å²) in [4.78, 5) is 7.03. The molecule has 0 saturated carbocycles. The molecule has 0 spiro atoms. The third kappa shape index (κ3) is 6.90. The van der Waals surface area contributed by atoms with E-state index in [1.807, 2.05) is 36.5 Å². The molecule has 0 N–H and O–H groups in total. The zero-order valence-corrected chi connectivity index (χ0v) is 37.8. The van der Waals surface area contributed by atoms with Gasteiger partial charge in [-0.1, -0.05) is 123 Å². The van der Waals surface area contributed by atoms with Gasteiger partial charge in [0.15, 0.2) is 0 Å². The molecule has 0 aliphatic carbocycles. The average Bonchev–Trinajstić information content (AvgIpc) is 3.96. The summed E-state index contributed by atoms with van der Waals surface area (Å²) < 4.78 is 19.9. The molecule has 310 valence electrons. The minimum atomic E-state index is -0.431. The zero-order chi connectivity index (χ0) is 42.1. The van der Waals surface area contributed by atoms with E-state index < -0.39 is 7.05 Å². The third-order valence-corrected chi connectivity index (χ3v) is 11.9. The van der Waals surface area contributed by atoms with Crippen LogP contribution in [0.25, 0.3) is 49.9 Å². The van der Waals surface area contributed by atoms with Crippen LogP contribution in [0.2, 0.25) is 0 Å². The van der Waals surface area contributed by atoms with Crippen LogP contribution in [0.1, 0.15) is 37.5 Å². The molecule has 0 fully saturated rings. The summed E-state index contributed by atoms with van der Waals surface area (Å²) in [5.74, 6) is 2.59. The standard InChI is InChI=1S/C54H42BN5O2.Pt/c1-36-16-14-17-37(2)53(36)55-60(52-32-38(30-31-56-52)54(3,4)5)50-34-41(28-29-51(50)62-55)61-40-19-15-18-39(33-40)57-35-58(47-25-11-10-24-46(47)57)48-26-12-13-27-49(48)59-44-22-8-6-20-42(44)43-21-7-9-23-45(43)59;/h6-32H,1-5H3;/q-2;. The van der Waals surface area contributed by atoms with E-state index in [-0.39, 0.29) is 26.5 Å². The van der Waals surface area contributed by atoms with Crippen LogP contribution in [0.5, 0.6) is 17.2 Å². The summed E-state index contributed by atoms with van der Waals surface area (Å²) in [5, 5.41) is 2.43. The van der Waals surface area contributed by atoms with Crippen molar-refractivity contribution in [3.8, 4) is 34.3 Å². The monoisotopic (exact) mass is 998 g/mol. The third-order valence-electron chi connectivity index (χ3n) is 11.9. The molecule has 1 aliphatic rings. The number of para-hydroxylation sites is 6. The van der Waals surface area contributed by atoms with Gasteiger partial charge >= 0.3 is 7.05 Å². The van der Waals surface area contributed by atoms with Crippen LogP contribution in [0, 0.1) is 32.3 Å². The zero-order valence-electron chi connectivity index (χ0n) is 35.5. The Bertz CT molecular complexity index is 3290. The normalized spacial score (nSPS) is 12.5. The first-order valence-electron chi connectivity index (χ1n) is 21.0. The number of aryl methyl sites for hydroxylation is 2. The topological polar surface area (TPSA) is 48.3 Å². The Kier molecular flexibility index (Phi) is 10.1. The minimum Gasteiger partial charge on any atom is -0.599 e. The Morgan fingerprint density at radius 1 is 0.667 bits per heavy atom. The van der Waals surface area contributed by atoms with Crippen LogP contribution in [0.15, 0.2) is 164 Å². The first-order chi connectivity index (χ1) is 30.2. The second kappa shape index (κ2) is 15.8. The molecule has 63 heavy (non-hydrogen) atoms. The molecular weight excluding hydrogens is 957 g/mol. The molecule has 0 unspecified atom stereocenters. The van der Waals surface area contributed by atoms with Crippen LogP contribution in [0.4, 0.5) is 11.5 Å². The summed E-state index contributed by atoms with van der Waals surface area (Å²) in [6.07, 6.45) is 5.59. The maximum absolute atomic E-state index is 6.76. The maximum Gasteiger partial charge on any atom is 0.511 e. The van der Waals surface area contributed by atoms with Gasteiger partial charge in [-0.15, -0.1) is 30.3 Å². The minimum absolute atomic E-state index is 0. The number of aromatic nitrogens is 4. The van der Waals surface area contributed by atoms with Crippen molar-refractivity contribution in [2.24, 2.45) is 0 Å². The molecule has 7 nitrogen and oxygen atoms in total. The van der Waals surface area contributed by atoms with Gasteiger partial charge in [0.2, 0.25) is 0 Å². The van der Waals surface area contributed by atoms with Crippen LogP contribution in [-0.2, 0) is 26.5 Å². The Hall–Kier alpha value is -6.89. The number of anilines is 2. The number of benzene rings is 7. The van der Waals surface area contributed by atoms with Crippen molar-refractivity contribution >= 4 is 56.9 Å². The van der Waals surface area contributed by atoms with Crippen molar-refractivity contribution in [3.05, 3.63) is 199 Å². The van der Waals surface area contributed by atoms with Crippen LogP contribution in [-0.4, -0.2) is 21.2 Å². The molecule has 0 radical (unpaired) electrons. The SMILES string of the molecule is Cc1cccc(C)c1B1Oc2ccc(Oc3[c-]c(-n4[c-][n+](-c5ccccc5-n5c6ccccc6c6ccccc65)c5ccccc54)ccc3)[c-]c2N1c1cc(C(C)(C)C)ccn1.[Pt]. The molecule has 1 aliphatic heterocycles. The number of ether oxygens (including phenoxy) is 1. The van der Waals surface area contributed by atoms with Crippen LogP contribution in [0.3, 0.4) is 0 Å². The van der Waals surface area contributed by atoms with Gasteiger partial charge in [-0.05, 0) is 78.1 Å². The van der Waals surface area contributed by atoms with Crippen molar-refractivity contribution < 1.29 is 35.0 Å². The molecule has 3 aromatic heterocycles. The van der Waals surface area contributed by atoms with Gasteiger partial charge in [0.25, 0.3) is 6.33 Å². The van der Waals surface area contributed by atoms with E-state index in [4.69, 9.17) is 14.4 Å². The van der Waals surface area contributed by atoms with Crippen molar-refractivity contribution in [2.45, 2.75) is 40.0 Å². The molecule has 0 bridgehead atoms. The molecular formula is C54H42BN5O2Pt-2. The Labute approximate surface area is 382 Å². The Balaban J connectivity index is 0.00000471. The molecule has 0 saturated heterocycles. The molecule has 7 aromatic carbocycles. The van der Waals surface area contributed by atoms with Crippen LogP contribution >= 0.6 is 0 Å². The quantitative estimate of drug-likeness (QED) is 0.0907. The van der Waals surface area contributed by atoms with E-state index in [0.717, 1.165) is 67.2 Å². The fourth-order valence-electron chi connectivity index (χ4n) is 8.92. The molecule has 9 heteroatoms. The van der Waals surface area contributed by atoms with E-state index in [1.165, 1.54) is 16.3 Å². The summed E-state index contributed by atoms with van der Waals surface area (Å²) in [6.45, 7) is 10.9. The summed E-state index contributed by atoms with van der Waals surface area (Å²) in [5.41, 5.74) is 12.4. The predicted molar refractivity (Wildman–Crippen MR) is 249 cm³/mol. The molecule has 0 amide bonds. The van der Waals surface area contributed by atoms with E-state index >= 15 is 0 Å². The Morgan fingerprint density at radius 3 is 2.06 bits per heavy atom. The van der Waals surface area contributed by atoms with Gasteiger partial charge in [-0.3, -0.25) is 4.57 Å². The molecule has 4 heterocycles. The molecule has 11 rings (SSSR count). The number of nitrogens with zero attached hydrogens (tertiary/aromatic N) is 5. The number of pyridine rings is 1. The van der Waals surface area contributed by atoms with E-state index in [9.17, 15) is 0 Å². The van der Waals surface area contributed by atoms with Gasteiger partial charge in [0.05, 0.1) is 33.4 Å².